The van der Waals surface area contributed by atoms with Crippen LogP contribution >= 0.6 is 0 Å². The Balaban J connectivity index is 1.92. The van der Waals surface area contributed by atoms with Gasteiger partial charge >= 0.3 is 6.18 Å². The van der Waals surface area contributed by atoms with Crippen LogP contribution in [0.3, 0.4) is 0 Å². The summed E-state index contributed by atoms with van der Waals surface area (Å²) in [5.74, 6) is 0.628. The monoisotopic (exact) mass is 281 g/mol. The quantitative estimate of drug-likeness (QED) is 0.619. The van der Waals surface area contributed by atoms with Crippen LogP contribution in [0.25, 0.3) is 0 Å². The van der Waals surface area contributed by atoms with Crippen molar-refractivity contribution in [1.82, 2.24) is 15.5 Å². The fraction of sp³-hybridized carbons (Fsp3) is 0.917. The summed E-state index contributed by atoms with van der Waals surface area (Å²) in [5.41, 5.74) is 0. The zero-order chi connectivity index (χ0) is 14.3. The Morgan fingerprint density at radius 1 is 1.37 bits per heavy atom. The molecular weight excluding hydrogens is 259 g/mol. The Morgan fingerprint density at radius 2 is 2.05 bits per heavy atom. The van der Waals surface area contributed by atoms with Gasteiger partial charge in [0.1, 0.15) is 0 Å². The van der Waals surface area contributed by atoms with Gasteiger partial charge in [-0.15, -0.1) is 0 Å². The first-order valence-electron chi connectivity index (χ1n) is 6.59. The molecule has 19 heavy (non-hydrogen) atoms. The van der Waals surface area contributed by atoms with Gasteiger partial charge in [0.2, 0.25) is 5.91 Å². The van der Waals surface area contributed by atoms with E-state index in [4.69, 9.17) is 0 Å². The number of carbonyl (C=O) groups excluding carboxylic acids is 1. The highest BCUT2D eigenvalue weighted by Crippen LogP contribution is 2.27. The predicted octanol–water partition coefficient (Wildman–Crippen LogP) is 0.986. The van der Waals surface area contributed by atoms with Crippen LogP contribution in [0.15, 0.2) is 0 Å². The molecule has 1 fully saturated rings. The highest BCUT2D eigenvalue weighted by Gasteiger charge is 2.28. The molecule has 0 bridgehead atoms. The number of rotatable bonds is 9. The second kappa shape index (κ2) is 7.69. The van der Waals surface area contributed by atoms with E-state index in [1.807, 2.05) is 0 Å². The van der Waals surface area contributed by atoms with Gasteiger partial charge in [-0.2, -0.15) is 13.2 Å². The molecule has 1 amide bonds. The second-order valence-electron chi connectivity index (χ2n) is 5.13. The first-order chi connectivity index (χ1) is 8.87. The van der Waals surface area contributed by atoms with Gasteiger partial charge < -0.3 is 10.6 Å². The second-order valence-corrected chi connectivity index (χ2v) is 5.13. The molecule has 1 aliphatic rings. The smallest absolute Gasteiger partial charge is 0.355 e. The molecule has 112 valence electrons. The van der Waals surface area contributed by atoms with Crippen molar-refractivity contribution in [2.24, 2.45) is 5.92 Å². The van der Waals surface area contributed by atoms with Crippen molar-refractivity contribution >= 4 is 5.91 Å². The van der Waals surface area contributed by atoms with Crippen LogP contribution in [0.2, 0.25) is 0 Å². The van der Waals surface area contributed by atoms with Gasteiger partial charge in [0, 0.05) is 6.54 Å². The fourth-order valence-corrected chi connectivity index (χ4v) is 1.74. The molecule has 0 saturated heterocycles. The predicted molar refractivity (Wildman–Crippen MR) is 66.8 cm³/mol. The lowest BCUT2D eigenvalue weighted by atomic mass is 10.3. The van der Waals surface area contributed by atoms with Crippen LogP contribution in [-0.2, 0) is 4.79 Å². The molecule has 7 heteroatoms. The molecule has 0 radical (unpaired) electrons. The highest BCUT2D eigenvalue weighted by molar-refractivity contribution is 5.77. The Labute approximate surface area is 111 Å². The minimum absolute atomic E-state index is 0.0980. The molecule has 0 spiro atoms. The van der Waals surface area contributed by atoms with Crippen LogP contribution in [0.5, 0.6) is 0 Å². The third kappa shape index (κ3) is 9.72. The Bertz CT molecular complexity index is 280. The molecular formula is C12H22F3N3O. The van der Waals surface area contributed by atoms with Crippen molar-refractivity contribution in [3.8, 4) is 0 Å². The molecule has 0 unspecified atom stereocenters. The van der Waals surface area contributed by atoms with Crippen LogP contribution in [-0.4, -0.2) is 56.8 Å². The number of halogens is 3. The van der Waals surface area contributed by atoms with Crippen LogP contribution < -0.4 is 10.6 Å². The average Bonchev–Trinajstić information content (AvgIpc) is 3.06. The first-order valence-corrected chi connectivity index (χ1v) is 6.59. The number of hydrogen-bond donors (Lipinski definition) is 2. The van der Waals surface area contributed by atoms with Gasteiger partial charge in [0.05, 0.1) is 13.1 Å². The molecule has 0 aromatic heterocycles. The molecule has 4 nitrogen and oxygen atoms in total. The third-order valence-corrected chi connectivity index (χ3v) is 2.90. The highest BCUT2D eigenvalue weighted by atomic mass is 19.4. The fourth-order valence-electron chi connectivity index (χ4n) is 1.74. The van der Waals surface area contributed by atoms with E-state index >= 15 is 0 Å². The van der Waals surface area contributed by atoms with Gasteiger partial charge in [0.15, 0.2) is 0 Å². The topological polar surface area (TPSA) is 44.4 Å². The molecule has 1 aliphatic carbocycles. The molecule has 1 rings (SSSR count). The summed E-state index contributed by atoms with van der Waals surface area (Å²) >= 11 is 0. The minimum Gasteiger partial charge on any atom is -0.355 e. The Hall–Kier alpha value is -0.820. The largest absolute Gasteiger partial charge is 0.401 e. The molecule has 0 atom stereocenters. The van der Waals surface area contributed by atoms with Crippen molar-refractivity contribution in [3.05, 3.63) is 0 Å². The van der Waals surface area contributed by atoms with Gasteiger partial charge in [-0.05, 0) is 45.3 Å². The lowest BCUT2D eigenvalue weighted by Crippen LogP contribution is -2.37. The standard InChI is InChI=1S/C12H22F3N3O/c1-18(9-12(13,14)15)6-2-5-17-11(19)8-16-7-10-3-4-10/h10,16H,2-9H2,1H3,(H,17,19). The van der Waals surface area contributed by atoms with Gasteiger partial charge in [-0.25, -0.2) is 0 Å². The van der Waals surface area contributed by atoms with Crippen molar-refractivity contribution in [1.29, 1.82) is 0 Å². The zero-order valence-electron chi connectivity index (χ0n) is 11.2. The molecule has 1 saturated carbocycles. The number of amides is 1. The van der Waals surface area contributed by atoms with Crippen molar-refractivity contribution in [2.75, 3.05) is 39.8 Å². The van der Waals surface area contributed by atoms with E-state index in [-0.39, 0.29) is 12.5 Å². The van der Waals surface area contributed by atoms with Crippen molar-refractivity contribution < 1.29 is 18.0 Å². The maximum Gasteiger partial charge on any atom is 0.401 e. The Morgan fingerprint density at radius 3 is 2.63 bits per heavy atom. The van der Waals surface area contributed by atoms with E-state index in [1.165, 1.54) is 24.8 Å². The van der Waals surface area contributed by atoms with Crippen molar-refractivity contribution in [3.63, 3.8) is 0 Å². The SMILES string of the molecule is CN(CCCNC(=O)CNCC1CC1)CC(F)(F)F. The summed E-state index contributed by atoms with van der Waals surface area (Å²) in [5, 5.41) is 5.74. The number of hydrogen-bond acceptors (Lipinski definition) is 3. The third-order valence-electron chi connectivity index (χ3n) is 2.90. The molecule has 2 N–H and O–H groups in total. The average molecular weight is 281 g/mol. The maximum absolute atomic E-state index is 12.0. The molecule has 0 aliphatic heterocycles. The minimum atomic E-state index is -4.16. The van der Waals surface area contributed by atoms with E-state index < -0.39 is 12.7 Å². The van der Waals surface area contributed by atoms with Gasteiger partial charge in [0.25, 0.3) is 0 Å². The van der Waals surface area contributed by atoms with Gasteiger partial charge in [-0.3, -0.25) is 9.69 Å². The summed E-state index contributed by atoms with van der Waals surface area (Å²) in [6.07, 6.45) is -1.17. The summed E-state index contributed by atoms with van der Waals surface area (Å²) in [6, 6.07) is 0. The van der Waals surface area contributed by atoms with E-state index in [9.17, 15) is 18.0 Å². The summed E-state index contributed by atoms with van der Waals surface area (Å²) in [6.45, 7) is 0.974. The van der Waals surface area contributed by atoms with Crippen LogP contribution in [0, 0.1) is 5.92 Å². The zero-order valence-corrected chi connectivity index (χ0v) is 11.2. The van der Waals surface area contributed by atoms with E-state index in [2.05, 4.69) is 10.6 Å². The van der Waals surface area contributed by atoms with E-state index in [0.717, 1.165) is 12.5 Å². The lowest BCUT2D eigenvalue weighted by molar-refractivity contribution is -0.143. The van der Waals surface area contributed by atoms with Crippen LogP contribution in [0.4, 0.5) is 13.2 Å². The summed E-state index contributed by atoms with van der Waals surface area (Å²) in [4.78, 5) is 12.6. The lowest BCUT2D eigenvalue weighted by Gasteiger charge is -2.18. The summed E-state index contributed by atoms with van der Waals surface area (Å²) in [7, 11) is 1.42. The molecule has 0 aromatic carbocycles. The number of carbonyl (C=O) groups is 1. The number of nitrogens with zero attached hydrogens (tertiary/aromatic N) is 1. The normalized spacial score (nSPS) is 15.8. The van der Waals surface area contributed by atoms with Crippen LogP contribution in [0.1, 0.15) is 19.3 Å². The van der Waals surface area contributed by atoms with Crippen molar-refractivity contribution in [2.45, 2.75) is 25.4 Å². The molecule has 0 aromatic rings. The molecule has 0 heterocycles. The van der Waals surface area contributed by atoms with Gasteiger partial charge in [-0.1, -0.05) is 0 Å². The van der Waals surface area contributed by atoms with E-state index in [1.54, 1.807) is 0 Å². The number of nitrogens with one attached hydrogen (secondary N) is 2. The van der Waals surface area contributed by atoms with E-state index in [0.29, 0.717) is 19.5 Å². The summed E-state index contributed by atoms with van der Waals surface area (Å²) < 4.78 is 36.1. The maximum atomic E-state index is 12.0. The first kappa shape index (κ1) is 16.2. The number of alkyl halides is 3. The Kier molecular flexibility index (Phi) is 6.57.